The summed E-state index contributed by atoms with van der Waals surface area (Å²) >= 11 is -2.11. The van der Waals surface area contributed by atoms with Crippen LogP contribution in [0.3, 0.4) is 0 Å². The Hall–Kier alpha value is 0.00338. The van der Waals surface area contributed by atoms with Gasteiger partial charge >= 0.3 is 159 Å². The van der Waals surface area contributed by atoms with Crippen LogP contribution in [0.1, 0.15) is 46.1 Å². The Balaban J connectivity index is 3.35. The van der Waals surface area contributed by atoms with Crippen molar-refractivity contribution in [3.63, 3.8) is 0 Å². The number of hydrogen-bond donors (Lipinski definition) is 0. The molecular weight excluding hydrogens is 458 g/mol. The van der Waals surface area contributed by atoms with E-state index in [1.54, 1.807) is 22.8 Å². The Morgan fingerprint density at radius 1 is 1.21 bits per heavy atom. The molecule has 4 nitrogen and oxygen atoms in total. The maximum atomic E-state index is 12.9. The molecular formula is C16H25Cl2NO3RuS. The number of ether oxygens (including phenoxy) is 1. The summed E-state index contributed by atoms with van der Waals surface area (Å²) in [5.41, 5.74) is 0.640. The molecule has 1 aromatic carbocycles. The molecule has 0 amide bonds. The van der Waals surface area contributed by atoms with Crippen molar-refractivity contribution in [2.24, 2.45) is 0 Å². The van der Waals surface area contributed by atoms with E-state index in [0.717, 1.165) is 12.8 Å². The number of nitrogens with zero attached hydrogens (tertiary/aromatic N) is 1. The molecule has 140 valence electrons. The van der Waals surface area contributed by atoms with Gasteiger partial charge in [0.15, 0.2) is 0 Å². The zero-order valence-electron chi connectivity index (χ0n) is 14.4. The first kappa shape index (κ1) is 22.0. The summed E-state index contributed by atoms with van der Waals surface area (Å²) in [7, 11) is 8.43. The molecule has 0 aliphatic heterocycles. The van der Waals surface area contributed by atoms with Gasteiger partial charge in [-0.05, 0) is 0 Å². The van der Waals surface area contributed by atoms with Crippen molar-refractivity contribution in [3.8, 4) is 5.75 Å². The quantitative estimate of drug-likeness (QED) is 0.491. The van der Waals surface area contributed by atoms with Gasteiger partial charge in [-0.15, -0.1) is 0 Å². The second-order valence-corrected chi connectivity index (χ2v) is 13.2. The Morgan fingerprint density at radius 2 is 1.79 bits per heavy atom. The molecule has 0 unspecified atom stereocenters. The summed E-state index contributed by atoms with van der Waals surface area (Å²) in [6.45, 7) is 8.76. The molecule has 24 heavy (non-hydrogen) atoms. The van der Waals surface area contributed by atoms with Crippen LogP contribution in [0.5, 0.6) is 5.75 Å². The molecule has 8 heteroatoms. The zero-order valence-corrected chi connectivity index (χ0v) is 18.5. The maximum absolute atomic E-state index is 12.9. The minimum absolute atomic E-state index is 0.0254. The molecule has 0 bridgehead atoms. The second-order valence-electron chi connectivity index (χ2n) is 5.58. The predicted octanol–water partition coefficient (Wildman–Crippen LogP) is 4.36. The molecule has 1 aromatic rings. The van der Waals surface area contributed by atoms with Gasteiger partial charge in [0.2, 0.25) is 0 Å². The third kappa shape index (κ3) is 6.38. The van der Waals surface area contributed by atoms with Crippen molar-refractivity contribution in [3.05, 3.63) is 23.8 Å². The van der Waals surface area contributed by atoms with Crippen molar-refractivity contribution in [2.75, 3.05) is 13.1 Å². The molecule has 0 saturated heterocycles. The second kappa shape index (κ2) is 10.2. The van der Waals surface area contributed by atoms with E-state index in [1.165, 1.54) is 4.31 Å². The number of sulfonamides is 1. The molecule has 0 saturated carbocycles. The monoisotopic (exact) mass is 483 g/mol. The van der Waals surface area contributed by atoms with Crippen LogP contribution < -0.4 is 4.74 Å². The summed E-state index contributed by atoms with van der Waals surface area (Å²) in [5, 5.41) is 0. The van der Waals surface area contributed by atoms with Crippen LogP contribution in [0.2, 0.25) is 0 Å². The van der Waals surface area contributed by atoms with Gasteiger partial charge in [-0.25, -0.2) is 0 Å². The van der Waals surface area contributed by atoms with Gasteiger partial charge in [-0.3, -0.25) is 0 Å². The molecule has 0 radical (unpaired) electrons. The van der Waals surface area contributed by atoms with Crippen LogP contribution in [0, 0.1) is 0 Å². The van der Waals surface area contributed by atoms with Crippen LogP contribution >= 0.6 is 19.4 Å². The summed E-state index contributed by atoms with van der Waals surface area (Å²) < 4.78 is 34.8. The van der Waals surface area contributed by atoms with E-state index in [1.807, 2.05) is 27.7 Å². The standard InChI is InChI=1S/C16H25NO3S.2ClH.Ru/c1-6-10-17(11-7-2)21(18,19)15-8-9-16(14(5)12-15)20-13(3)4;;;/h5,8-9,12-13H,6-7,10-11H2,1-4H3;2*1H;/q;;;+2/p-2. The number of halogens is 2. The van der Waals surface area contributed by atoms with E-state index in [-0.39, 0.29) is 11.0 Å². The van der Waals surface area contributed by atoms with Crippen molar-refractivity contribution in [1.82, 2.24) is 4.31 Å². The van der Waals surface area contributed by atoms with Gasteiger partial charge in [0.1, 0.15) is 0 Å². The molecule has 0 atom stereocenters. The summed E-state index contributed by atoms with van der Waals surface area (Å²) in [4.78, 5) is 0.246. The van der Waals surface area contributed by atoms with Gasteiger partial charge in [0.25, 0.3) is 0 Å². The summed E-state index contributed by atoms with van der Waals surface area (Å²) in [6.07, 6.45) is 1.51. The summed E-state index contributed by atoms with van der Waals surface area (Å²) in [6, 6.07) is 4.87. The van der Waals surface area contributed by atoms with E-state index in [9.17, 15) is 8.42 Å². The van der Waals surface area contributed by atoms with E-state index in [4.69, 9.17) is 24.1 Å². The minimum atomic E-state index is -3.54. The average Bonchev–Trinajstić information content (AvgIpc) is 2.47. The number of hydrogen-bond acceptors (Lipinski definition) is 3. The third-order valence-corrected chi connectivity index (χ3v) is 6.84. The Labute approximate surface area is 158 Å². The van der Waals surface area contributed by atoms with Gasteiger partial charge < -0.3 is 0 Å². The van der Waals surface area contributed by atoms with Crippen molar-refractivity contribution < 1.29 is 26.7 Å². The molecule has 0 aliphatic carbocycles. The van der Waals surface area contributed by atoms with Crippen LogP contribution in [0.15, 0.2) is 23.1 Å². The third-order valence-electron chi connectivity index (χ3n) is 3.11. The molecule has 1 rings (SSSR count). The van der Waals surface area contributed by atoms with Crippen LogP contribution in [0.25, 0.3) is 0 Å². The fraction of sp³-hybridized carbons (Fsp3) is 0.562. The fourth-order valence-electron chi connectivity index (χ4n) is 2.21. The first-order valence-electron chi connectivity index (χ1n) is 7.86. The first-order chi connectivity index (χ1) is 11.2. The van der Waals surface area contributed by atoms with Gasteiger partial charge in [-0.1, -0.05) is 0 Å². The fourth-order valence-corrected chi connectivity index (χ4v) is 5.66. The van der Waals surface area contributed by atoms with Gasteiger partial charge in [0, 0.05) is 0 Å². The molecule has 0 spiro atoms. The Kier molecular flexibility index (Phi) is 9.39. The molecule has 0 fully saturated rings. The van der Waals surface area contributed by atoms with Gasteiger partial charge in [-0.2, -0.15) is 0 Å². The van der Waals surface area contributed by atoms with Crippen molar-refractivity contribution in [1.29, 1.82) is 0 Å². The normalized spacial score (nSPS) is 12.6. The summed E-state index contributed by atoms with van der Waals surface area (Å²) in [5.74, 6) is 0.599. The molecule has 0 aromatic heterocycles. The zero-order chi connectivity index (χ0) is 18.3. The van der Waals surface area contributed by atoms with Crippen LogP contribution in [-0.2, 0) is 23.5 Å². The van der Waals surface area contributed by atoms with E-state index in [0.29, 0.717) is 24.4 Å². The van der Waals surface area contributed by atoms with E-state index >= 15 is 0 Å². The average molecular weight is 483 g/mol. The first-order valence-corrected chi connectivity index (χ1v) is 14.8. The Bertz CT molecular complexity index is 668. The topological polar surface area (TPSA) is 46.6 Å². The Morgan fingerprint density at radius 3 is 2.25 bits per heavy atom. The number of rotatable bonds is 9. The van der Waals surface area contributed by atoms with Crippen LogP contribution in [-0.4, -0.2) is 36.5 Å². The van der Waals surface area contributed by atoms with Crippen molar-refractivity contribution in [2.45, 2.75) is 51.5 Å². The number of benzene rings is 1. The SMILES string of the molecule is CCCN(CCC)S(=O)(=O)c1ccc(OC(C)C)c([CH]=[Ru]([Cl])[Cl])c1. The predicted molar refractivity (Wildman–Crippen MR) is 98.4 cm³/mol. The van der Waals surface area contributed by atoms with Crippen molar-refractivity contribution >= 4 is 34.0 Å². The van der Waals surface area contributed by atoms with E-state index in [2.05, 4.69) is 0 Å². The molecule has 0 aliphatic rings. The molecule has 0 N–H and O–H groups in total. The molecule has 0 heterocycles. The van der Waals surface area contributed by atoms with Gasteiger partial charge in [0.05, 0.1) is 0 Å². The van der Waals surface area contributed by atoms with Crippen LogP contribution in [0.4, 0.5) is 0 Å². The van der Waals surface area contributed by atoms with E-state index < -0.39 is 23.5 Å².